The molecule has 0 saturated carbocycles. The van der Waals surface area contributed by atoms with Crippen molar-refractivity contribution in [3.8, 4) is 0 Å². The number of amides is 1. The van der Waals surface area contributed by atoms with E-state index in [0.29, 0.717) is 0 Å². The van der Waals surface area contributed by atoms with Crippen molar-refractivity contribution in [3.63, 3.8) is 0 Å². The minimum absolute atomic E-state index is 0.278. The number of alkyl halides is 3. The van der Waals surface area contributed by atoms with Gasteiger partial charge in [0, 0.05) is 19.7 Å². The summed E-state index contributed by atoms with van der Waals surface area (Å²) in [6.07, 6.45) is -4.72. The van der Waals surface area contributed by atoms with Crippen LogP contribution in [-0.2, 0) is 0 Å². The molecule has 2 N–H and O–H groups in total. The standard InChI is InChI=1S/C10H11F3N4O3/c1-16(3-2-10(11,12)13)9(18)7-4-6(17(19)20)5-15-8(7)14/h4-5H,2-3H2,1H3,(H2,14,15). The molecular weight excluding hydrogens is 281 g/mol. The summed E-state index contributed by atoms with van der Waals surface area (Å²) in [5.41, 5.74) is 4.64. The van der Waals surface area contributed by atoms with Crippen LogP contribution >= 0.6 is 0 Å². The molecular formula is C10H11F3N4O3. The van der Waals surface area contributed by atoms with Crippen LogP contribution < -0.4 is 5.73 Å². The molecule has 0 saturated heterocycles. The maximum atomic E-state index is 12.1. The van der Waals surface area contributed by atoms with E-state index in [9.17, 15) is 28.1 Å². The number of pyridine rings is 1. The van der Waals surface area contributed by atoms with Gasteiger partial charge in [-0.05, 0) is 0 Å². The fourth-order valence-corrected chi connectivity index (χ4v) is 1.34. The lowest BCUT2D eigenvalue weighted by Gasteiger charge is -2.18. The van der Waals surface area contributed by atoms with Crippen LogP contribution in [0.5, 0.6) is 0 Å². The molecule has 1 rings (SSSR count). The van der Waals surface area contributed by atoms with Gasteiger partial charge in [0.05, 0.1) is 16.9 Å². The van der Waals surface area contributed by atoms with E-state index in [-0.39, 0.29) is 11.4 Å². The van der Waals surface area contributed by atoms with Gasteiger partial charge in [0.15, 0.2) is 0 Å². The van der Waals surface area contributed by atoms with Crippen molar-refractivity contribution >= 4 is 17.4 Å². The van der Waals surface area contributed by atoms with E-state index in [4.69, 9.17) is 5.73 Å². The summed E-state index contributed by atoms with van der Waals surface area (Å²) in [5.74, 6) is -1.14. The SMILES string of the molecule is CN(CCC(F)(F)F)C(=O)c1cc([N+](=O)[O-])cnc1N. The highest BCUT2D eigenvalue weighted by molar-refractivity contribution is 5.98. The van der Waals surface area contributed by atoms with Gasteiger partial charge in [0.1, 0.15) is 12.0 Å². The minimum Gasteiger partial charge on any atom is -0.383 e. The Hall–Kier alpha value is -2.39. The number of nitrogen functional groups attached to an aromatic ring is 1. The monoisotopic (exact) mass is 292 g/mol. The first kappa shape index (κ1) is 15.7. The summed E-state index contributed by atoms with van der Waals surface area (Å²) < 4.78 is 36.2. The van der Waals surface area contributed by atoms with Gasteiger partial charge in [0.25, 0.3) is 11.6 Å². The van der Waals surface area contributed by atoms with E-state index >= 15 is 0 Å². The van der Waals surface area contributed by atoms with E-state index < -0.39 is 35.7 Å². The molecule has 1 amide bonds. The molecule has 0 aliphatic carbocycles. The van der Waals surface area contributed by atoms with Crippen molar-refractivity contribution in [3.05, 3.63) is 27.9 Å². The van der Waals surface area contributed by atoms with Crippen molar-refractivity contribution in [2.75, 3.05) is 19.3 Å². The zero-order chi connectivity index (χ0) is 15.5. The van der Waals surface area contributed by atoms with E-state index in [1.165, 1.54) is 0 Å². The lowest BCUT2D eigenvalue weighted by atomic mass is 10.2. The second-order valence-corrected chi connectivity index (χ2v) is 3.98. The number of nitro groups is 1. The molecule has 0 aromatic carbocycles. The van der Waals surface area contributed by atoms with Crippen LogP contribution in [0.1, 0.15) is 16.8 Å². The Morgan fingerprint density at radius 1 is 1.55 bits per heavy atom. The Kier molecular flexibility index (Phi) is 4.48. The van der Waals surface area contributed by atoms with Crippen molar-refractivity contribution in [2.24, 2.45) is 0 Å². The smallest absolute Gasteiger partial charge is 0.383 e. The number of carbonyl (C=O) groups excluding carboxylic acids is 1. The second-order valence-electron chi connectivity index (χ2n) is 3.98. The average Bonchev–Trinajstić information content (AvgIpc) is 2.34. The average molecular weight is 292 g/mol. The summed E-state index contributed by atoms with van der Waals surface area (Å²) in [5, 5.41) is 10.6. The van der Waals surface area contributed by atoms with Gasteiger partial charge >= 0.3 is 6.18 Å². The van der Waals surface area contributed by atoms with Crippen molar-refractivity contribution in [2.45, 2.75) is 12.6 Å². The second kappa shape index (κ2) is 5.72. The molecule has 10 heteroatoms. The zero-order valence-electron chi connectivity index (χ0n) is 10.3. The van der Waals surface area contributed by atoms with Crippen LogP contribution in [0.15, 0.2) is 12.3 Å². The maximum absolute atomic E-state index is 12.1. The summed E-state index contributed by atoms with van der Waals surface area (Å²) in [6.45, 7) is -0.579. The lowest BCUT2D eigenvalue weighted by molar-refractivity contribution is -0.385. The van der Waals surface area contributed by atoms with Crippen LogP contribution in [0.2, 0.25) is 0 Å². The van der Waals surface area contributed by atoms with Gasteiger partial charge < -0.3 is 10.6 Å². The van der Waals surface area contributed by atoms with Gasteiger partial charge in [0.2, 0.25) is 0 Å². The zero-order valence-corrected chi connectivity index (χ0v) is 10.3. The molecule has 0 bridgehead atoms. The van der Waals surface area contributed by atoms with Gasteiger partial charge in [-0.25, -0.2) is 4.98 Å². The fraction of sp³-hybridized carbons (Fsp3) is 0.400. The first-order chi connectivity index (χ1) is 9.11. The van der Waals surface area contributed by atoms with Crippen molar-refractivity contribution in [1.29, 1.82) is 0 Å². The molecule has 1 aromatic rings. The fourth-order valence-electron chi connectivity index (χ4n) is 1.34. The highest BCUT2D eigenvalue weighted by Gasteiger charge is 2.29. The van der Waals surface area contributed by atoms with Crippen LogP contribution in [0.4, 0.5) is 24.7 Å². The molecule has 7 nitrogen and oxygen atoms in total. The number of hydrogen-bond acceptors (Lipinski definition) is 5. The Morgan fingerprint density at radius 2 is 2.15 bits per heavy atom. The van der Waals surface area contributed by atoms with Gasteiger partial charge in [-0.1, -0.05) is 0 Å². The topological polar surface area (TPSA) is 102 Å². The maximum Gasteiger partial charge on any atom is 0.390 e. The molecule has 110 valence electrons. The molecule has 0 spiro atoms. The first-order valence-corrected chi connectivity index (χ1v) is 5.34. The third-order valence-electron chi connectivity index (χ3n) is 2.42. The number of hydrogen-bond donors (Lipinski definition) is 1. The molecule has 0 fully saturated rings. The molecule has 20 heavy (non-hydrogen) atoms. The number of nitrogens with two attached hydrogens (primary N) is 1. The van der Waals surface area contributed by atoms with Gasteiger partial charge in [-0.2, -0.15) is 13.2 Å². The Bertz CT molecular complexity index is 533. The van der Waals surface area contributed by atoms with Crippen LogP contribution in [0.3, 0.4) is 0 Å². The van der Waals surface area contributed by atoms with Gasteiger partial charge in [-0.3, -0.25) is 14.9 Å². The minimum atomic E-state index is -4.40. The number of anilines is 1. The summed E-state index contributed by atoms with van der Waals surface area (Å²) in [6, 6.07) is 0.884. The first-order valence-electron chi connectivity index (χ1n) is 5.34. The summed E-state index contributed by atoms with van der Waals surface area (Å²) in [4.78, 5) is 25.9. The number of nitrogens with zero attached hydrogens (tertiary/aromatic N) is 3. The third kappa shape index (κ3) is 4.07. The Balaban J connectivity index is 2.91. The number of halogens is 3. The normalized spacial score (nSPS) is 11.2. The van der Waals surface area contributed by atoms with E-state index in [1.807, 2.05) is 0 Å². The van der Waals surface area contributed by atoms with Crippen LogP contribution in [-0.4, -0.2) is 40.5 Å². The largest absolute Gasteiger partial charge is 0.390 e. The van der Waals surface area contributed by atoms with E-state index in [2.05, 4.69) is 4.98 Å². The molecule has 0 aliphatic heterocycles. The summed E-state index contributed by atoms with van der Waals surface area (Å²) in [7, 11) is 1.15. The highest BCUT2D eigenvalue weighted by atomic mass is 19.4. The predicted octanol–water partition coefficient (Wildman–Crippen LogP) is 1.60. The Morgan fingerprint density at radius 3 is 2.65 bits per heavy atom. The van der Waals surface area contributed by atoms with Gasteiger partial charge in [-0.15, -0.1) is 0 Å². The Labute approximate surface area is 111 Å². The van der Waals surface area contributed by atoms with E-state index in [0.717, 1.165) is 24.2 Å². The lowest BCUT2D eigenvalue weighted by Crippen LogP contribution is -2.31. The van der Waals surface area contributed by atoms with Crippen molar-refractivity contribution in [1.82, 2.24) is 9.88 Å². The molecule has 0 aliphatic rings. The van der Waals surface area contributed by atoms with Crippen molar-refractivity contribution < 1.29 is 22.9 Å². The number of aromatic nitrogens is 1. The predicted molar refractivity (Wildman–Crippen MR) is 62.9 cm³/mol. The molecule has 1 aromatic heterocycles. The molecule has 0 radical (unpaired) electrons. The van der Waals surface area contributed by atoms with E-state index in [1.54, 1.807) is 0 Å². The molecule has 1 heterocycles. The third-order valence-corrected chi connectivity index (χ3v) is 2.42. The molecule has 0 atom stereocenters. The number of carbonyl (C=O) groups is 1. The van der Waals surface area contributed by atoms with Crippen LogP contribution in [0.25, 0.3) is 0 Å². The van der Waals surface area contributed by atoms with Crippen LogP contribution in [0, 0.1) is 10.1 Å². The highest BCUT2D eigenvalue weighted by Crippen LogP contribution is 2.21. The molecule has 0 unspecified atom stereocenters. The number of rotatable bonds is 4. The summed E-state index contributed by atoms with van der Waals surface area (Å²) >= 11 is 0. The quantitative estimate of drug-likeness (QED) is 0.670.